The zero-order valence-electron chi connectivity index (χ0n) is 18.1. The van der Waals surface area contributed by atoms with E-state index in [1.807, 2.05) is 30.3 Å². The van der Waals surface area contributed by atoms with E-state index in [2.05, 4.69) is 45.7 Å². The molecular weight excluding hydrogens is 372 g/mol. The van der Waals surface area contributed by atoms with E-state index in [1.165, 1.54) is 0 Å². The van der Waals surface area contributed by atoms with Crippen molar-refractivity contribution < 1.29 is 23.8 Å². The first kappa shape index (κ1) is 24.4. The SMILES string of the molecule is CCOC(=O)C#CC[C@@H](O)[C@H](O[Si](C)(C)C(C)(C)C)[C@H](OC)c1ccccc1. The molecule has 0 heterocycles. The molecule has 0 aliphatic carbocycles. The third kappa shape index (κ3) is 7.06. The van der Waals surface area contributed by atoms with Gasteiger partial charge in [-0.25, -0.2) is 4.79 Å². The summed E-state index contributed by atoms with van der Waals surface area (Å²) < 4.78 is 17.1. The first-order chi connectivity index (χ1) is 13.0. The number of methoxy groups -OCH3 is 1. The predicted molar refractivity (Wildman–Crippen MR) is 113 cm³/mol. The molecule has 0 saturated carbocycles. The minimum atomic E-state index is -2.20. The number of aliphatic hydroxyl groups excluding tert-OH is 1. The van der Waals surface area contributed by atoms with Crippen molar-refractivity contribution in [1.82, 2.24) is 0 Å². The second-order valence-corrected chi connectivity index (χ2v) is 13.0. The Morgan fingerprint density at radius 3 is 2.32 bits per heavy atom. The predicted octanol–water partition coefficient (Wildman–Crippen LogP) is 4.08. The van der Waals surface area contributed by atoms with E-state index in [0.29, 0.717) is 0 Å². The third-order valence-electron chi connectivity index (χ3n) is 5.07. The molecule has 1 rings (SSSR count). The van der Waals surface area contributed by atoms with Crippen molar-refractivity contribution in [2.24, 2.45) is 0 Å². The van der Waals surface area contributed by atoms with E-state index < -0.39 is 32.6 Å². The fourth-order valence-corrected chi connectivity index (χ4v) is 3.79. The number of ether oxygens (including phenoxy) is 2. The van der Waals surface area contributed by atoms with Gasteiger partial charge in [-0.05, 0) is 30.6 Å². The average molecular weight is 407 g/mol. The van der Waals surface area contributed by atoms with Crippen molar-refractivity contribution in [3.05, 3.63) is 35.9 Å². The lowest BCUT2D eigenvalue weighted by molar-refractivity contribution is -0.136. The van der Waals surface area contributed by atoms with Crippen LogP contribution in [0.5, 0.6) is 0 Å². The summed E-state index contributed by atoms with van der Waals surface area (Å²) in [5.41, 5.74) is 0.922. The summed E-state index contributed by atoms with van der Waals surface area (Å²) in [5, 5.41) is 10.9. The summed E-state index contributed by atoms with van der Waals surface area (Å²) in [4.78, 5) is 11.4. The van der Waals surface area contributed by atoms with Crippen molar-refractivity contribution in [3.8, 4) is 11.8 Å². The molecule has 0 saturated heterocycles. The van der Waals surface area contributed by atoms with Gasteiger partial charge < -0.3 is 19.0 Å². The van der Waals surface area contributed by atoms with E-state index in [4.69, 9.17) is 13.9 Å². The highest BCUT2D eigenvalue weighted by atomic mass is 28.4. The Labute approximate surface area is 170 Å². The normalized spacial score (nSPS) is 15.1. The zero-order valence-corrected chi connectivity index (χ0v) is 19.1. The van der Waals surface area contributed by atoms with Crippen LogP contribution >= 0.6 is 0 Å². The number of rotatable bonds is 8. The molecule has 0 fully saturated rings. The van der Waals surface area contributed by atoms with Crippen LogP contribution in [0.4, 0.5) is 0 Å². The number of carbonyl (C=O) groups excluding carboxylic acids is 1. The van der Waals surface area contributed by atoms with Crippen LogP contribution in [0.2, 0.25) is 18.1 Å². The third-order valence-corrected chi connectivity index (χ3v) is 9.55. The maximum Gasteiger partial charge on any atom is 0.384 e. The summed E-state index contributed by atoms with van der Waals surface area (Å²) in [6.07, 6.45) is -1.88. The molecule has 0 spiro atoms. The van der Waals surface area contributed by atoms with Gasteiger partial charge in [0.25, 0.3) is 0 Å². The number of hydrogen-bond donors (Lipinski definition) is 1. The van der Waals surface area contributed by atoms with Crippen LogP contribution in [0.3, 0.4) is 0 Å². The molecule has 0 aliphatic heterocycles. The smallest absolute Gasteiger partial charge is 0.384 e. The van der Waals surface area contributed by atoms with Crippen molar-refractivity contribution in [2.45, 2.75) is 70.6 Å². The number of carbonyl (C=O) groups is 1. The highest BCUT2D eigenvalue weighted by molar-refractivity contribution is 6.74. The highest BCUT2D eigenvalue weighted by Gasteiger charge is 2.43. The molecule has 5 nitrogen and oxygen atoms in total. The standard InChI is InChI=1S/C22H34O5Si/c1-8-26-19(24)16-12-15-18(23)21(27-28(6,7)22(2,3)4)20(25-5)17-13-10-9-11-14-17/h9-11,13-14,18,20-21,23H,8,15H2,1-7H3/t18-,20-,21+/m1/s1. The van der Waals surface area contributed by atoms with Crippen molar-refractivity contribution in [1.29, 1.82) is 0 Å². The van der Waals surface area contributed by atoms with Crippen LogP contribution in [0.1, 0.15) is 45.8 Å². The number of hydrogen-bond acceptors (Lipinski definition) is 5. The van der Waals surface area contributed by atoms with Gasteiger partial charge >= 0.3 is 5.97 Å². The van der Waals surface area contributed by atoms with Gasteiger partial charge in [0, 0.05) is 19.5 Å². The van der Waals surface area contributed by atoms with E-state index in [-0.39, 0.29) is 18.1 Å². The van der Waals surface area contributed by atoms with Gasteiger partial charge in [0.2, 0.25) is 0 Å². The maximum atomic E-state index is 11.4. The van der Waals surface area contributed by atoms with Crippen LogP contribution in [0.15, 0.2) is 30.3 Å². The molecule has 0 bridgehead atoms. The monoisotopic (exact) mass is 406 g/mol. The lowest BCUT2D eigenvalue weighted by atomic mass is 9.98. The minimum absolute atomic E-state index is 0.0312. The first-order valence-corrected chi connectivity index (χ1v) is 12.5. The van der Waals surface area contributed by atoms with Gasteiger partial charge in [0.05, 0.1) is 12.7 Å². The van der Waals surface area contributed by atoms with Crippen LogP contribution in [-0.4, -0.2) is 45.3 Å². The van der Waals surface area contributed by atoms with Gasteiger partial charge in [-0.15, -0.1) is 0 Å². The molecule has 6 heteroatoms. The summed E-state index contributed by atoms with van der Waals surface area (Å²) in [7, 11) is -0.588. The Bertz CT molecular complexity index is 670. The average Bonchev–Trinajstić information content (AvgIpc) is 2.61. The van der Waals surface area contributed by atoms with Crippen LogP contribution < -0.4 is 0 Å². The maximum absolute atomic E-state index is 11.4. The molecule has 0 amide bonds. The van der Waals surface area contributed by atoms with Gasteiger partial charge in [-0.3, -0.25) is 0 Å². The molecule has 156 valence electrons. The van der Waals surface area contributed by atoms with E-state index >= 15 is 0 Å². The molecular formula is C22H34O5Si. The summed E-state index contributed by atoms with van der Waals surface area (Å²) in [6, 6.07) is 9.69. The minimum Gasteiger partial charge on any atom is -0.456 e. The summed E-state index contributed by atoms with van der Waals surface area (Å²) >= 11 is 0. The van der Waals surface area contributed by atoms with Crippen molar-refractivity contribution in [3.63, 3.8) is 0 Å². The molecule has 1 N–H and O–H groups in total. The molecule has 1 aromatic carbocycles. The van der Waals surface area contributed by atoms with E-state index in [1.54, 1.807) is 14.0 Å². The first-order valence-electron chi connectivity index (χ1n) is 9.62. The molecule has 0 radical (unpaired) electrons. The second kappa shape index (κ2) is 10.8. The van der Waals surface area contributed by atoms with E-state index in [9.17, 15) is 9.90 Å². The Hall–Kier alpha value is -1.65. The molecule has 28 heavy (non-hydrogen) atoms. The van der Waals surface area contributed by atoms with Crippen molar-refractivity contribution >= 4 is 14.3 Å². The second-order valence-electron chi connectivity index (χ2n) is 8.20. The topological polar surface area (TPSA) is 65.0 Å². The number of aliphatic hydroxyl groups is 1. The van der Waals surface area contributed by atoms with Crippen LogP contribution in [0, 0.1) is 11.8 Å². The lowest BCUT2D eigenvalue weighted by Crippen LogP contribution is -2.49. The molecule has 3 atom stereocenters. The Morgan fingerprint density at radius 1 is 1.21 bits per heavy atom. The Balaban J connectivity index is 3.14. The summed E-state index contributed by atoms with van der Waals surface area (Å²) in [5.74, 6) is 4.52. The van der Waals surface area contributed by atoms with Crippen molar-refractivity contribution in [2.75, 3.05) is 13.7 Å². The van der Waals surface area contributed by atoms with Gasteiger partial charge in [0.15, 0.2) is 8.32 Å². The quantitative estimate of drug-likeness (QED) is 0.305. The molecule has 0 aliphatic rings. The fourth-order valence-electron chi connectivity index (χ4n) is 2.47. The molecule has 1 aromatic rings. The van der Waals surface area contributed by atoms with E-state index in [0.717, 1.165) is 5.56 Å². The largest absolute Gasteiger partial charge is 0.456 e. The Kier molecular flexibility index (Phi) is 9.38. The number of esters is 1. The van der Waals surface area contributed by atoms with Gasteiger partial charge in [-0.1, -0.05) is 57.0 Å². The highest BCUT2D eigenvalue weighted by Crippen LogP contribution is 2.40. The molecule has 0 aromatic heterocycles. The zero-order chi connectivity index (χ0) is 21.4. The van der Waals surface area contributed by atoms with Crippen LogP contribution in [0.25, 0.3) is 0 Å². The lowest BCUT2D eigenvalue weighted by Gasteiger charge is -2.42. The van der Waals surface area contributed by atoms with Crippen LogP contribution in [-0.2, 0) is 18.7 Å². The van der Waals surface area contributed by atoms with Gasteiger partial charge in [0.1, 0.15) is 12.2 Å². The number of benzene rings is 1. The Morgan fingerprint density at radius 2 is 1.82 bits per heavy atom. The molecule has 0 unspecified atom stereocenters. The summed E-state index contributed by atoms with van der Waals surface area (Å²) in [6.45, 7) is 12.7. The fraction of sp³-hybridized carbons (Fsp3) is 0.591. The van der Waals surface area contributed by atoms with Gasteiger partial charge in [-0.2, -0.15) is 0 Å².